The van der Waals surface area contributed by atoms with Crippen LogP contribution < -0.4 is 19.2 Å². The van der Waals surface area contributed by atoms with Gasteiger partial charge in [0.1, 0.15) is 5.75 Å². The van der Waals surface area contributed by atoms with E-state index in [1.165, 1.54) is 0 Å². The Morgan fingerprint density at radius 1 is 0.906 bits per heavy atom. The van der Waals surface area contributed by atoms with Crippen molar-refractivity contribution in [3.05, 3.63) is 83.4 Å². The molecule has 0 aliphatic carbocycles. The number of rotatable bonds is 7. The van der Waals surface area contributed by atoms with Crippen molar-refractivity contribution in [1.82, 2.24) is 0 Å². The summed E-state index contributed by atoms with van der Waals surface area (Å²) in [6, 6.07) is 20.3. The number of anilines is 1. The monoisotopic (exact) mass is 432 g/mol. The van der Waals surface area contributed by atoms with E-state index in [-0.39, 0.29) is 11.6 Å². The molecule has 3 aromatic rings. The SMILES string of the molecule is COc1ccc(C2=NN(c3ccc(C(=O)O)cc3)[C@H](c3ccc(OC)c(OC)c3)C2)cc1. The Kier molecular flexibility index (Phi) is 5.98. The highest BCUT2D eigenvalue weighted by Gasteiger charge is 2.30. The van der Waals surface area contributed by atoms with Gasteiger partial charge in [0.2, 0.25) is 0 Å². The van der Waals surface area contributed by atoms with Crippen molar-refractivity contribution in [1.29, 1.82) is 0 Å². The molecular formula is C25H24N2O5. The van der Waals surface area contributed by atoms with Gasteiger partial charge in [-0.3, -0.25) is 5.01 Å². The van der Waals surface area contributed by atoms with Gasteiger partial charge in [-0.15, -0.1) is 0 Å². The largest absolute Gasteiger partial charge is 0.497 e. The van der Waals surface area contributed by atoms with Crippen molar-refractivity contribution in [2.24, 2.45) is 5.10 Å². The van der Waals surface area contributed by atoms with Gasteiger partial charge >= 0.3 is 5.97 Å². The fraction of sp³-hybridized carbons (Fsp3) is 0.200. The summed E-state index contributed by atoms with van der Waals surface area (Å²) in [6.45, 7) is 0. The lowest BCUT2D eigenvalue weighted by molar-refractivity contribution is 0.0697. The molecule has 0 radical (unpaired) electrons. The Morgan fingerprint density at radius 2 is 1.59 bits per heavy atom. The van der Waals surface area contributed by atoms with Gasteiger partial charge in [0, 0.05) is 6.42 Å². The van der Waals surface area contributed by atoms with Crippen LogP contribution in [-0.4, -0.2) is 38.1 Å². The Balaban J connectivity index is 1.74. The minimum absolute atomic E-state index is 0.0948. The van der Waals surface area contributed by atoms with E-state index in [2.05, 4.69) is 0 Å². The van der Waals surface area contributed by atoms with Crippen LogP contribution in [0.1, 0.15) is 33.9 Å². The third-order valence-electron chi connectivity index (χ3n) is 5.50. The number of methoxy groups -OCH3 is 3. The molecule has 1 atom stereocenters. The number of hydrogen-bond donors (Lipinski definition) is 1. The maximum absolute atomic E-state index is 11.3. The van der Waals surface area contributed by atoms with Crippen LogP contribution in [0.2, 0.25) is 0 Å². The molecule has 0 saturated heterocycles. The normalized spacial score (nSPS) is 15.3. The van der Waals surface area contributed by atoms with E-state index in [4.69, 9.17) is 19.3 Å². The Hall–Kier alpha value is -4.00. The van der Waals surface area contributed by atoms with Crippen LogP contribution in [0.4, 0.5) is 5.69 Å². The van der Waals surface area contributed by atoms with Crippen LogP contribution in [0.5, 0.6) is 17.2 Å². The predicted molar refractivity (Wildman–Crippen MR) is 122 cm³/mol. The topological polar surface area (TPSA) is 80.6 Å². The second-order valence-electron chi connectivity index (χ2n) is 7.31. The predicted octanol–water partition coefficient (Wildman–Crippen LogP) is 4.77. The fourth-order valence-corrected chi connectivity index (χ4v) is 3.78. The molecule has 0 aromatic heterocycles. The second-order valence-corrected chi connectivity index (χ2v) is 7.31. The first-order valence-electron chi connectivity index (χ1n) is 10.1. The minimum atomic E-state index is -0.961. The Morgan fingerprint density at radius 3 is 2.19 bits per heavy atom. The molecule has 0 bridgehead atoms. The summed E-state index contributed by atoms with van der Waals surface area (Å²) in [7, 11) is 4.85. The van der Waals surface area contributed by atoms with Gasteiger partial charge in [-0.25, -0.2) is 4.79 Å². The highest BCUT2D eigenvalue weighted by atomic mass is 16.5. The number of nitrogens with zero attached hydrogens (tertiary/aromatic N) is 2. The molecular weight excluding hydrogens is 408 g/mol. The molecule has 7 heteroatoms. The average molecular weight is 432 g/mol. The Bertz CT molecular complexity index is 1140. The molecule has 0 amide bonds. The third-order valence-corrected chi connectivity index (χ3v) is 5.50. The summed E-state index contributed by atoms with van der Waals surface area (Å²) in [6.07, 6.45) is 0.669. The second kappa shape index (κ2) is 9.01. The van der Waals surface area contributed by atoms with E-state index in [9.17, 15) is 9.90 Å². The molecule has 1 N–H and O–H groups in total. The molecule has 0 unspecified atom stereocenters. The highest BCUT2D eigenvalue weighted by molar-refractivity contribution is 6.03. The standard InChI is InChI=1S/C25H24N2O5/c1-30-20-11-6-16(7-12-20)21-15-22(18-8-13-23(31-2)24(14-18)32-3)27(26-21)19-9-4-17(5-10-19)25(28)29/h4-14,22H,15H2,1-3H3,(H,28,29)/t22-/m0/s1. The molecule has 1 aliphatic rings. The van der Waals surface area contributed by atoms with E-state index in [0.717, 1.165) is 28.3 Å². The number of carbonyl (C=O) groups is 1. The number of benzene rings is 3. The van der Waals surface area contributed by atoms with E-state index in [0.29, 0.717) is 17.9 Å². The van der Waals surface area contributed by atoms with Crippen molar-refractivity contribution < 1.29 is 24.1 Å². The number of carboxylic acid groups (broad SMARTS) is 1. The molecule has 7 nitrogen and oxygen atoms in total. The zero-order valence-corrected chi connectivity index (χ0v) is 18.1. The van der Waals surface area contributed by atoms with Crippen LogP contribution >= 0.6 is 0 Å². The summed E-state index contributed by atoms with van der Waals surface area (Å²) in [5, 5.41) is 16.1. The minimum Gasteiger partial charge on any atom is -0.497 e. The van der Waals surface area contributed by atoms with Crippen LogP contribution in [0.25, 0.3) is 0 Å². The lowest BCUT2D eigenvalue weighted by atomic mass is 9.97. The molecule has 0 fully saturated rings. The van der Waals surface area contributed by atoms with Crippen molar-refractivity contribution in [3.63, 3.8) is 0 Å². The summed E-state index contributed by atoms with van der Waals surface area (Å²) >= 11 is 0. The van der Waals surface area contributed by atoms with Gasteiger partial charge in [0.05, 0.1) is 44.3 Å². The summed E-state index contributed by atoms with van der Waals surface area (Å²) in [4.78, 5) is 11.3. The van der Waals surface area contributed by atoms with Gasteiger partial charge in [0.15, 0.2) is 11.5 Å². The van der Waals surface area contributed by atoms with Crippen molar-refractivity contribution in [3.8, 4) is 17.2 Å². The van der Waals surface area contributed by atoms with Gasteiger partial charge in [-0.2, -0.15) is 5.10 Å². The van der Waals surface area contributed by atoms with Gasteiger partial charge in [-0.05, 0) is 71.8 Å². The first-order valence-corrected chi connectivity index (χ1v) is 10.1. The molecule has 32 heavy (non-hydrogen) atoms. The highest BCUT2D eigenvalue weighted by Crippen LogP contribution is 2.40. The quantitative estimate of drug-likeness (QED) is 0.580. The Labute approximate surface area is 186 Å². The average Bonchev–Trinajstić information content (AvgIpc) is 3.29. The molecule has 164 valence electrons. The third kappa shape index (κ3) is 4.09. The number of carboxylic acids is 1. The molecule has 1 heterocycles. The van der Waals surface area contributed by atoms with E-state index < -0.39 is 5.97 Å². The molecule has 3 aromatic carbocycles. The number of ether oxygens (including phenoxy) is 3. The zero-order valence-electron chi connectivity index (χ0n) is 18.1. The molecule has 4 rings (SSSR count). The van der Waals surface area contributed by atoms with E-state index in [1.54, 1.807) is 45.6 Å². The van der Waals surface area contributed by atoms with Gasteiger partial charge in [0.25, 0.3) is 0 Å². The number of hydrogen-bond acceptors (Lipinski definition) is 6. The first-order chi connectivity index (χ1) is 15.5. The summed E-state index contributed by atoms with van der Waals surface area (Å²) in [5.74, 6) is 1.12. The van der Waals surface area contributed by atoms with Gasteiger partial charge < -0.3 is 19.3 Å². The van der Waals surface area contributed by atoms with E-state index >= 15 is 0 Å². The molecule has 1 aliphatic heterocycles. The molecule has 0 saturated carbocycles. The molecule has 0 spiro atoms. The smallest absolute Gasteiger partial charge is 0.335 e. The first kappa shape index (κ1) is 21.2. The lowest BCUT2D eigenvalue weighted by Crippen LogP contribution is -2.18. The maximum Gasteiger partial charge on any atom is 0.335 e. The van der Waals surface area contributed by atoms with E-state index in [1.807, 2.05) is 47.5 Å². The van der Waals surface area contributed by atoms with Crippen LogP contribution in [0, 0.1) is 0 Å². The zero-order chi connectivity index (χ0) is 22.7. The number of aromatic carboxylic acids is 1. The van der Waals surface area contributed by atoms with Crippen LogP contribution in [0.15, 0.2) is 71.8 Å². The van der Waals surface area contributed by atoms with Crippen molar-refractivity contribution in [2.45, 2.75) is 12.5 Å². The summed E-state index contributed by atoms with van der Waals surface area (Å²) in [5.41, 5.74) is 3.97. The maximum atomic E-state index is 11.3. The van der Waals surface area contributed by atoms with Crippen LogP contribution in [-0.2, 0) is 0 Å². The van der Waals surface area contributed by atoms with Crippen molar-refractivity contribution in [2.75, 3.05) is 26.3 Å². The van der Waals surface area contributed by atoms with Gasteiger partial charge in [-0.1, -0.05) is 6.07 Å². The van der Waals surface area contributed by atoms with Crippen molar-refractivity contribution >= 4 is 17.4 Å². The number of hydrazone groups is 1. The lowest BCUT2D eigenvalue weighted by Gasteiger charge is -2.24. The summed E-state index contributed by atoms with van der Waals surface area (Å²) < 4.78 is 16.1. The fourth-order valence-electron chi connectivity index (χ4n) is 3.78. The van der Waals surface area contributed by atoms with Crippen LogP contribution in [0.3, 0.4) is 0 Å².